The van der Waals surface area contributed by atoms with Crippen LogP contribution < -0.4 is 0 Å². The number of piperidine rings is 1. The highest BCUT2D eigenvalue weighted by atomic mass is 16.5. The molecule has 1 saturated heterocycles. The van der Waals surface area contributed by atoms with Gasteiger partial charge in [0, 0.05) is 18.7 Å². The molecule has 0 spiro atoms. The molecule has 0 radical (unpaired) electrons. The van der Waals surface area contributed by atoms with Gasteiger partial charge in [0.2, 0.25) is 0 Å². The molecule has 2 aromatic rings. The lowest BCUT2D eigenvalue weighted by Crippen LogP contribution is -2.50. The van der Waals surface area contributed by atoms with Gasteiger partial charge in [-0.3, -0.25) is 4.79 Å². The SMILES string of the molecule is Cc1ccc(C)c(C(=O)N2CC[C@@H]3OCc4cnnn4[C@H]3C2)c1. The zero-order chi connectivity index (χ0) is 16.0. The number of carbonyl (C=O) groups is 1. The number of hydrogen-bond donors (Lipinski definition) is 0. The fraction of sp³-hybridized carbons (Fsp3) is 0.471. The summed E-state index contributed by atoms with van der Waals surface area (Å²) >= 11 is 0. The zero-order valence-electron chi connectivity index (χ0n) is 13.4. The molecule has 2 aliphatic heterocycles. The number of carbonyl (C=O) groups excluding carboxylic acids is 1. The topological polar surface area (TPSA) is 60.3 Å². The Morgan fingerprint density at radius 1 is 1.35 bits per heavy atom. The summed E-state index contributed by atoms with van der Waals surface area (Å²) in [5.74, 6) is 0.0943. The van der Waals surface area contributed by atoms with Crippen LogP contribution in [-0.2, 0) is 11.3 Å². The van der Waals surface area contributed by atoms with Gasteiger partial charge < -0.3 is 9.64 Å². The van der Waals surface area contributed by atoms with Crippen molar-refractivity contribution >= 4 is 5.91 Å². The van der Waals surface area contributed by atoms with Crippen LogP contribution in [0.1, 0.15) is 39.6 Å². The van der Waals surface area contributed by atoms with Crippen molar-refractivity contribution in [2.24, 2.45) is 0 Å². The van der Waals surface area contributed by atoms with Crippen molar-refractivity contribution in [1.29, 1.82) is 0 Å². The highest BCUT2D eigenvalue weighted by Crippen LogP contribution is 2.30. The van der Waals surface area contributed by atoms with Gasteiger partial charge in [0.25, 0.3) is 5.91 Å². The summed E-state index contributed by atoms with van der Waals surface area (Å²) in [6.07, 6.45) is 2.69. The number of benzene rings is 1. The van der Waals surface area contributed by atoms with Gasteiger partial charge in [-0.1, -0.05) is 22.9 Å². The Bertz CT molecular complexity index is 755. The average Bonchev–Trinajstić information content (AvgIpc) is 3.05. The number of rotatable bonds is 1. The molecular weight excluding hydrogens is 292 g/mol. The van der Waals surface area contributed by atoms with Gasteiger partial charge in [0.05, 0.1) is 30.6 Å². The van der Waals surface area contributed by atoms with Crippen LogP contribution in [0.3, 0.4) is 0 Å². The molecule has 2 atom stereocenters. The van der Waals surface area contributed by atoms with Gasteiger partial charge in [-0.15, -0.1) is 5.10 Å². The van der Waals surface area contributed by atoms with Gasteiger partial charge in [-0.2, -0.15) is 0 Å². The molecular formula is C17H20N4O2. The largest absolute Gasteiger partial charge is 0.370 e. The van der Waals surface area contributed by atoms with Crippen molar-refractivity contribution in [3.63, 3.8) is 0 Å². The number of aromatic nitrogens is 3. The first-order valence-electron chi connectivity index (χ1n) is 8.00. The molecule has 0 aliphatic carbocycles. The quantitative estimate of drug-likeness (QED) is 0.807. The first-order chi connectivity index (χ1) is 11.1. The van der Waals surface area contributed by atoms with Crippen LogP contribution in [0, 0.1) is 13.8 Å². The van der Waals surface area contributed by atoms with Crippen LogP contribution in [0.4, 0.5) is 0 Å². The number of aryl methyl sites for hydroxylation is 2. The van der Waals surface area contributed by atoms with E-state index in [2.05, 4.69) is 10.3 Å². The molecule has 1 aromatic carbocycles. The van der Waals surface area contributed by atoms with Crippen molar-refractivity contribution in [2.45, 2.75) is 39.0 Å². The Hall–Kier alpha value is -2.21. The van der Waals surface area contributed by atoms with E-state index in [-0.39, 0.29) is 18.1 Å². The lowest BCUT2D eigenvalue weighted by molar-refractivity contribution is -0.0605. The highest BCUT2D eigenvalue weighted by molar-refractivity contribution is 5.96. The molecule has 3 heterocycles. The summed E-state index contributed by atoms with van der Waals surface area (Å²) in [4.78, 5) is 14.9. The fourth-order valence-electron chi connectivity index (χ4n) is 3.50. The summed E-state index contributed by atoms with van der Waals surface area (Å²) < 4.78 is 7.83. The van der Waals surface area contributed by atoms with E-state index in [4.69, 9.17) is 4.74 Å². The zero-order valence-corrected chi connectivity index (χ0v) is 13.4. The van der Waals surface area contributed by atoms with Crippen LogP contribution in [0.2, 0.25) is 0 Å². The Kier molecular flexibility index (Phi) is 3.41. The molecule has 1 amide bonds. The summed E-state index contributed by atoms with van der Waals surface area (Å²) in [5.41, 5.74) is 3.89. The molecule has 0 saturated carbocycles. The van der Waals surface area contributed by atoms with Crippen molar-refractivity contribution in [2.75, 3.05) is 13.1 Å². The molecule has 23 heavy (non-hydrogen) atoms. The summed E-state index contributed by atoms with van der Waals surface area (Å²) in [6.45, 7) is 5.89. The summed E-state index contributed by atoms with van der Waals surface area (Å²) in [7, 11) is 0. The van der Waals surface area contributed by atoms with Gasteiger partial charge >= 0.3 is 0 Å². The summed E-state index contributed by atoms with van der Waals surface area (Å²) in [6, 6.07) is 6.08. The van der Waals surface area contributed by atoms with Crippen molar-refractivity contribution < 1.29 is 9.53 Å². The first-order valence-corrected chi connectivity index (χ1v) is 8.00. The molecule has 6 nitrogen and oxygen atoms in total. The molecule has 0 unspecified atom stereocenters. The predicted octanol–water partition coefficient (Wildman–Crippen LogP) is 1.88. The highest BCUT2D eigenvalue weighted by Gasteiger charge is 2.38. The molecule has 1 aromatic heterocycles. The fourth-order valence-corrected chi connectivity index (χ4v) is 3.50. The van der Waals surface area contributed by atoms with Crippen LogP contribution in [0.5, 0.6) is 0 Å². The second kappa shape index (κ2) is 5.45. The predicted molar refractivity (Wildman–Crippen MR) is 84.1 cm³/mol. The third kappa shape index (κ3) is 2.43. The van der Waals surface area contributed by atoms with E-state index in [0.29, 0.717) is 13.2 Å². The number of amides is 1. The molecule has 0 N–H and O–H groups in total. The van der Waals surface area contributed by atoms with Gasteiger partial charge in [-0.25, -0.2) is 4.68 Å². The first kappa shape index (κ1) is 14.4. The molecule has 120 valence electrons. The van der Waals surface area contributed by atoms with Gasteiger partial charge in [0.15, 0.2) is 0 Å². The summed E-state index contributed by atoms with van der Waals surface area (Å²) in [5, 5.41) is 8.17. The minimum absolute atomic E-state index is 0.0593. The Labute approximate surface area is 135 Å². The molecule has 1 fully saturated rings. The molecule has 6 heteroatoms. The van der Waals surface area contributed by atoms with Crippen LogP contribution in [-0.4, -0.2) is 45.0 Å². The second-order valence-electron chi connectivity index (χ2n) is 6.44. The van der Waals surface area contributed by atoms with E-state index in [9.17, 15) is 4.79 Å². The van der Waals surface area contributed by atoms with Crippen LogP contribution in [0.15, 0.2) is 24.4 Å². The molecule has 2 aliphatic rings. The monoisotopic (exact) mass is 312 g/mol. The van der Waals surface area contributed by atoms with Crippen molar-refractivity contribution in [1.82, 2.24) is 19.9 Å². The molecule has 4 rings (SSSR count). The Morgan fingerprint density at radius 3 is 3.09 bits per heavy atom. The second-order valence-corrected chi connectivity index (χ2v) is 6.44. The van der Waals surface area contributed by atoms with E-state index in [1.807, 2.05) is 41.6 Å². The number of ether oxygens (including phenoxy) is 1. The van der Waals surface area contributed by atoms with Crippen molar-refractivity contribution in [3.05, 3.63) is 46.8 Å². The third-order valence-electron chi connectivity index (χ3n) is 4.84. The van der Waals surface area contributed by atoms with Gasteiger partial charge in [0.1, 0.15) is 0 Å². The third-order valence-corrected chi connectivity index (χ3v) is 4.84. The normalized spacial score (nSPS) is 23.3. The number of fused-ring (bicyclic) bond motifs is 3. The standard InChI is InChI=1S/C17H20N4O2/c1-11-3-4-12(2)14(7-11)17(22)20-6-5-16-15(9-20)21-13(10-23-16)8-18-19-21/h3-4,7-8,15-16H,5-6,9-10H2,1-2H3/t15-,16-/m0/s1. The van der Waals surface area contributed by atoms with E-state index >= 15 is 0 Å². The maximum absolute atomic E-state index is 12.9. The lowest BCUT2D eigenvalue weighted by Gasteiger charge is -2.41. The number of nitrogens with zero attached hydrogens (tertiary/aromatic N) is 4. The van der Waals surface area contributed by atoms with Crippen molar-refractivity contribution in [3.8, 4) is 0 Å². The minimum atomic E-state index is 0.0593. The van der Waals surface area contributed by atoms with Crippen LogP contribution in [0.25, 0.3) is 0 Å². The average molecular weight is 312 g/mol. The Morgan fingerprint density at radius 2 is 2.22 bits per heavy atom. The van der Waals surface area contributed by atoms with Gasteiger partial charge in [-0.05, 0) is 31.9 Å². The lowest BCUT2D eigenvalue weighted by atomic mass is 9.98. The Balaban J connectivity index is 1.60. The smallest absolute Gasteiger partial charge is 0.254 e. The minimum Gasteiger partial charge on any atom is -0.370 e. The maximum atomic E-state index is 12.9. The number of hydrogen-bond acceptors (Lipinski definition) is 4. The van der Waals surface area contributed by atoms with Crippen LogP contribution >= 0.6 is 0 Å². The van der Waals surface area contributed by atoms with E-state index in [1.165, 1.54) is 0 Å². The van der Waals surface area contributed by atoms with E-state index in [1.54, 1.807) is 6.20 Å². The van der Waals surface area contributed by atoms with E-state index in [0.717, 1.165) is 35.3 Å². The maximum Gasteiger partial charge on any atom is 0.254 e. The number of likely N-dealkylation sites (tertiary alicyclic amines) is 1. The van der Waals surface area contributed by atoms with E-state index < -0.39 is 0 Å². The molecule has 0 bridgehead atoms.